The molecule has 1 unspecified atom stereocenters. The van der Waals surface area contributed by atoms with Crippen LogP contribution in [0.3, 0.4) is 0 Å². The fraction of sp³-hybridized carbons (Fsp3) is 0.324. The molecule has 1 atom stereocenters. The average Bonchev–Trinajstić information content (AvgIpc) is 3.33. The molecule has 0 saturated heterocycles. The molecule has 1 spiro atoms. The highest BCUT2D eigenvalue weighted by molar-refractivity contribution is 5.97. The number of anilines is 2. The van der Waals surface area contributed by atoms with Crippen LogP contribution in [-0.4, -0.2) is 69.5 Å². The smallest absolute Gasteiger partial charge is 0.340 e. The number of rotatable bonds is 11. The van der Waals surface area contributed by atoms with E-state index in [2.05, 4.69) is 24.8 Å². The highest BCUT2D eigenvalue weighted by atomic mass is 16.6. The molecule has 222 valence electrons. The van der Waals surface area contributed by atoms with Crippen LogP contribution in [0, 0.1) is 0 Å². The van der Waals surface area contributed by atoms with Crippen LogP contribution in [0.1, 0.15) is 40.9 Å². The van der Waals surface area contributed by atoms with Gasteiger partial charge in [0.15, 0.2) is 5.60 Å². The standard InChI is InChI=1S/C34H36N4O5/c1-5-37(6-2)24-16-17-27-28(22-24)42-31-29(34(27)26-15-11-10-14-25(26)32(39)43-34)30(23-12-8-7-9-13-23)35-33(36-31)38(18-20-40-3)19-21-41-4/h7-17,22H,5-6,18-21H2,1-4H3. The maximum Gasteiger partial charge on any atom is 0.340 e. The van der Waals surface area contributed by atoms with Gasteiger partial charge in [0.1, 0.15) is 5.75 Å². The van der Waals surface area contributed by atoms with E-state index in [1.54, 1.807) is 20.3 Å². The van der Waals surface area contributed by atoms with E-state index in [1.807, 2.05) is 65.6 Å². The molecular weight excluding hydrogens is 544 g/mol. The van der Waals surface area contributed by atoms with Gasteiger partial charge >= 0.3 is 5.97 Å². The molecule has 0 N–H and O–H groups in total. The molecule has 3 aromatic carbocycles. The third-order valence-electron chi connectivity index (χ3n) is 8.13. The molecule has 9 nitrogen and oxygen atoms in total. The van der Waals surface area contributed by atoms with E-state index in [-0.39, 0.29) is 0 Å². The maximum atomic E-state index is 13.5. The molecule has 6 rings (SSSR count). The van der Waals surface area contributed by atoms with Crippen LogP contribution in [-0.2, 0) is 19.8 Å². The highest BCUT2D eigenvalue weighted by Crippen LogP contribution is 2.58. The third-order valence-corrected chi connectivity index (χ3v) is 8.13. The Morgan fingerprint density at radius 1 is 0.814 bits per heavy atom. The van der Waals surface area contributed by atoms with E-state index in [0.717, 1.165) is 35.5 Å². The van der Waals surface area contributed by atoms with Crippen LogP contribution in [0.25, 0.3) is 11.3 Å². The fourth-order valence-electron chi connectivity index (χ4n) is 5.99. The van der Waals surface area contributed by atoms with E-state index in [1.165, 1.54) is 0 Å². The number of esters is 1. The second-order valence-corrected chi connectivity index (χ2v) is 10.5. The first-order valence-electron chi connectivity index (χ1n) is 14.7. The van der Waals surface area contributed by atoms with Gasteiger partial charge in [-0.3, -0.25) is 0 Å². The molecule has 9 heteroatoms. The van der Waals surface area contributed by atoms with Crippen LogP contribution < -0.4 is 14.5 Å². The molecule has 43 heavy (non-hydrogen) atoms. The molecule has 0 fully saturated rings. The van der Waals surface area contributed by atoms with E-state index in [9.17, 15) is 4.79 Å². The lowest BCUT2D eigenvalue weighted by Gasteiger charge is -2.38. The summed E-state index contributed by atoms with van der Waals surface area (Å²) in [6, 6.07) is 23.5. The number of fused-ring (bicyclic) bond motifs is 6. The summed E-state index contributed by atoms with van der Waals surface area (Å²) in [5.74, 6) is 1.01. The monoisotopic (exact) mass is 580 g/mol. The number of aromatic nitrogens is 2. The van der Waals surface area contributed by atoms with Gasteiger partial charge in [-0.15, -0.1) is 0 Å². The number of methoxy groups -OCH3 is 2. The van der Waals surface area contributed by atoms with Gasteiger partial charge < -0.3 is 28.7 Å². The van der Waals surface area contributed by atoms with Crippen molar-refractivity contribution in [2.24, 2.45) is 0 Å². The van der Waals surface area contributed by atoms with Crippen molar-refractivity contribution in [2.45, 2.75) is 19.4 Å². The van der Waals surface area contributed by atoms with Gasteiger partial charge in [0.25, 0.3) is 0 Å². The Labute approximate surface area is 252 Å². The first-order chi connectivity index (χ1) is 21.0. The van der Waals surface area contributed by atoms with Crippen LogP contribution >= 0.6 is 0 Å². The van der Waals surface area contributed by atoms with Crippen molar-refractivity contribution in [3.05, 3.63) is 95.1 Å². The molecular formula is C34H36N4O5. The van der Waals surface area contributed by atoms with Crippen LogP contribution in [0.15, 0.2) is 72.8 Å². The van der Waals surface area contributed by atoms with E-state index in [0.29, 0.717) is 60.7 Å². The van der Waals surface area contributed by atoms with Gasteiger partial charge in [0.05, 0.1) is 30.0 Å². The number of benzene rings is 3. The molecule has 0 aliphatic carbocycles. The van der Waals surface area contributed by atoms with Gasteiger partial charge in [0.2, 0.25) is 11.8 Å². The van der Waals surface area contributed by atoms with Gasteiger partial charge in [-0.2, -0.15) is 4.98 Å². The summed E-state index contributed by atoms with van der Waals surface area (Å²) in [6.07, 6.45) is 0. The van der Waals surface area contributed by atoms with Crippen molar-refractivity contribution in [2.75, 3.05) is 63.4 Å². The lowest BCUT2D eigenvalue weighted by atomic mass is 9.77. The van der Waals surface area contributed by atoms with Gasteiger partial charge in [0, 0.05) is 68.8 Å². The summed E-state index contributed by atoms with van der Waals surface area (Å²) >= 11 is 0. The molecule has 1 aromatic heterocycles. The molecule has 3 heterocycles. The summed E-state index contributed by atoms with van der Waals surface area (Å²) in [4.78, 5) is 28.0. The van der Waals surface area contributed by atoms with Gasteiger partial charge in [-0.25, -0.2) is 9.78 Å². The van der Waals surface area contributed by atoms with E-state index >= 15 is 0 Å². The Kier molecular flexibility index (Phi) is 8.01. The molecule has 0 bridgehead atoms. The maximum absolute atomic E-state index is 13.5. The summed E-state index contributed by atoms with van der Waals surface area (Å²) < 4.78 is 24.0. The quantitative estimate of drug-likeness (QED) is 0.209. The second-order valence-electron chi connectivity index (χ2n) is 10.5. The second kappa shape index (κ2) is 12.0. The number of carbonyl (C=O) groups excluding carboxylic acids is 1. The van der Waals surface area contributed by atoms with Crippen molar-refractivity contribution in [1.29, 1.82) is 0 Å². The van der Waals surface area contributed by atoms with Crippen molar-refractivity contribution >= 4 is 17.6 Å². The number of hydrogen-bond donors (Lipinski definition) is 0. The predicted molar refractivity (Wildman–Crippen MR) is 165 cm³/mol. The molecule has 0 saturated carbocycles. The molecule has 2 aliphatic heterocycles. The minimum atomic E-state index is -1.30. The number of carbonyl (C=O) groups is 1. The molecule has 2 aliphatic rings. The topological polar surface area (TPSA) is 86.2 Å². The summed E-state index contributed by atoms with van der Waals surface area (Å²) in [5, 5.41) is 0. The van der Waals surface area contributed by atoms with Crippen molar-refractivity contribution in [1.82, 2.24) is 9.97 Å². The lowest BCUT2D eigenvalue weighted by molar-refractivity contribution is 0.0222. The summed E-state index contributed by atoms with van der Waals surface area (Å²) in [7, 11) is 3.33. The number of hydrogen-bond acceptors (Lipinski definition) is 9. The highest BCUT2D eigenvalue weighted by Gasteiger charge is 2.56. The van der Waals surface area contributed by atoms with Crippen molar-refractivity contribution in [3.8, 4) is 22.9 Å². The van der Waals surface area contributed by atoms with E-state index in [4.69, 9.17) is 28.9 Å². The zero-order chi connectivity index (χ0) is 30.0. The van der Waals surface area contributed by atoms with Crippen LogP contribution in [0.2, 0.25) is 0 Å². The molecule has 0 radical (unpaired) electrons. The fourth-order valence-corrected chi connectivity index (χ4v) is 5.99. The first-order valence-corrected chi connectivity index (χ1v) is 14.7. The predicted octanol–water partition coefficient (Wildman–Crippen LogP) is 5.66. The first kappa shape index (κ1) is 28.6. The average molecular weight is 581 g/mol. The Hall–Kier alpha value is -4.47. The van der Waals surface area contributed by atoms with Crippen molar-refractivity contribution < 1.29 is 23.7 Å². The normalized spacial score (nSPS) is 16.2. The Morgan fingerprint density at radius 2 is 1.51 bits per heavy atom. The largest absolute Gasteiger partial charge is 0.440 e. The third kappa shape index (κ3) is 4.88. The molecule has 0 amide bonds. The summed E-state index contributed by atoms with van der Waals surface area (Å²) in [6.45, 7) is 8.00. The molecule has 4 aromatic rings. The van der Waals surface area contributed by atoms with Crippen LogP contribution in [0.5, 0.6) is 11.6 Å². The Morgan fingerprint density at radius 3 is 2.21 bits per heavy atom. The van der Waals surface area contributed by atoms with Crippen LogP contribution in [0.4, 0.5) is 11.6 Å². The van der Waals surface area contributed by atoms with E-state index < -0.39 is 11.6 Å². The Bertz CT molecular complexity index is 1620. The summed E-state index contributed by atoms with van der Waals surface area (Å²) in [5.41, 5.74) is 3.78. The number of ether oxygens (including phenoxy) is 4. The lowest BCUT2D eigenvalue weighted by Crippen LogP contribution is -2.36. The minimum absolute atomic E-state index is 0.345. The van der Waals surface area contributed by atoms with Gasteiger partial charge in [-0.1, -0.05) is 48.5 Å². The zero-order valence-electron chi connectivity index (χ0n) is 25.0. The SMILES string of the molecule is CCN(CC)c1ccc2c(c1)Oc1nc(N(CCOC)CCOC)nc(-c3ccccc3)c1C21OC(=O)c2ccccc21. The minimum Gasteiger partial charge on any atom is -0.440 e. The number of nitrogens with zero attached hydrogens (tertiary/aromatic N) is 4. The Balaban J connectivity index is 1.66. The van der Waals surface area contributed by atoms with Gasteiger partial charge in [-0.05, 0) is 32.0 Å². The van der Waals surface area contributed by atoms with Crippen molar-refractivity contribution in [3.63, 3.8) is 0 Å². The zero-order valence-corrected chi connectivity index (χ0v) is 25.0.